The third-order valence-corrected chi connectivity index (χ3v) is 28.8. The van der Waals surface area contributed by atoms with Crippen LogP contribution in [0.1, 0.15) is 13.8 Å². The van der Waals surface area contributed by atoms with Crippen LogP contribution in [0.15, 0.2) is 11.3 Å². The van der Waals surface area contributed by atoms with E-state index >= 15 is 0 Å². The molecule has 0 rings (SSSR count). The van der Waals surface area contributed by atoms with E-state index in [9.17, 15) is 0 Å². The van der Waals surface area contributed by atoms with Gasteiger partial charge in [-0.2, -0.15) is 0 Å². The van der Waals surface area contributed by atoms with Gasteiger partial charge in [0, 0.05) is 6.61 Å². The summed E-state index contributed by atoms with van der Waals surface area (Å²) in [7, 11) is -12.5. The fourth-order valence-electron chi connectivity index (χ4n) is 5.27. The Labute approximate surface area is 215 Å². The molecule has 0 saturated carbocycles. The maximum Gasteiger partial charge on any atom is 0.433 e. The van der Waals surface area contributed by atoms with E-state index < -0.39 is 54.8 Å². The van der Waals surface area contributed by atoms with Crippen molar-refractivity contribution < 1.29 is 21.2 Å². The summed E-state index contributed by atoms with van der Waals surface area (Å²) in [5.41, 5.74) is 3.65. The van der Waals surface area contributed by atoms with Crippen LogP contribution in [0, 0.1) is 0 Å². The predicted molar refractivity (Wildman–Crippen MR) is 161 cm³/mol. The van der Waals surface area contributed by atoms with Crippen LogP contribution in [0.25, 0.3) is 0 Å². The minimum absolute atomic E-state index is 0.0447. The molecule has 0 heterocycles. The van der Waals surface area contributed by atoms with Gasteiger partial charge in [-0.05, 0) is 118 Å². The molecule has 2 radical (unpaired) electrons. The minimum Gasteiger partial charge on any atom is -0.454 e. The number of rotatable bonds is 14. The van der Waals surface area contributed by atoms with Gasteiger partial charge in [0.25, 0.3) is 0 Å². The Balaban J connectivity index is 7.13. The lowest BCUT2D eigenvalue weighted by Crippen LogP contribution is -2.76. The molecule has 0 aliphatic heterocycles. The monoisotopic (exact) mass is 582 g/mol. The highest BCUT2D eigenvalue weighted by Crippen LogP contribution is 2.44. The smallest absolute Gasteiger partial charge is 0.433 e. The van der Waals surface area contributed by atoms with E-state index in [-0.39, 0.29) is 10.0 Å². The molecule has 0 bridgehead atoms. The summed E-state index contributed by atoms with van der Waals surface area (Å²) >= 11 is 0. The Morgan fingerprint density at radius 3 is 1.33 bits per heavy atom. The Kier molecular flexibility index (Phi) is 12.0. The van der Waals surface area contributed by atoms with Gasteiger partial charge >= 0.3 is 10.0 Å². The van der Waals surface area contributed by atoms with Gasteiger partial charge in [-0.3, -0.25) is 0 Å². The standard InChI is InChI=1S/C21H54O5Si7/c1-18-22-27-23-21(32(14,15)25-29(6,7)8,33(16,17)26-30(9,10)11)20(2)19-31(12,13)24-28(3,4)5/h19H,18H2,1-17H3/b20-19+. The predicted octanol–water partition coefficient (Wildman–Crippen LogP) is 7.05. The number of hydrogen-bond acceptors (Lipinski definition) is 5. The van der Waals surface area contributed by atoms with Gasteiger partial charge in [0.2, 0.25) is 16.6 Å². The van der Waals surface area contributed by atoms with Gasteiger partial charge in [0.05, 0.1) is 0 Å². The summed E-state index contributed by atoms with van der Waals surface area (Å²) in [5.74, 6) is 0. The maximum absolute atomic E-state index is 7.07. The van der Waals surface area contributed by atoms with Crippen LogP contribution in [0.2, 0.25) is 98.2 Å². The van der Waals surface area contributed by atoms with Crippen molar-refractivity contribution in [1.82, 2.24) is 0 Å². The third-order valence-electron chi connectivity index (χ3n) is 4.91. The van der Waals surface area contributed by atoms with Gasteiger partial charge in [-0.25, -0.2) is 0 Å². The van der Waals surface area contributed by atoms with Crippen molar-refractivity contribution in [2.24, 2.45) is 0 Å². The second kappa shape index (κ2) is 11.6. The van der Waals surface area contributed by atoms with E-state index in [2.05, 4.69) is 111 Å². The first-order valence-electron chi connectivity index (χ1n) is 12.2. The van der Waals surface area contributed by atoms with Crippen LogP contribution in [-0.2, 0) is 21.2 Å². The van der Waals surface area contributed by atoms with Gasteiger partial charge in [-0.1, -0.05) is 5.70 Å². The van der Waals surface area contributed by atoms with Gasteiger partial charge in [0.15, 0.2) is 33.3 Å². The number of hydrogen-bond donors (Lipinski definition) is 0. The SMILES string of the molecule is CCO[Si]OC(/C(C)=C/[Si](C)(C)O[Si](C)(C)C)([Si](C)(C)O[Si](C)(C)C)[Si](C)(C)O[Si](C)(C)C. The van der Waals surface area contributed by atoms with Crippen molar-refractivity contribution in [2.75, 3.05) is 6.61 Å². The average molecular weight is 583 g/mol. The molecule has 0 aromatic rings. The minimum atomic E-state index is -2.49. The van der Waals surface area contributed by atoms with Crippen LogP contribution in [-0.4, -0.2) is 71.4 Å². The first-order valence-corrected chi connectivity index (χ1v) is 32.0. The van der Waals surface area contributed by atoms with Gasteiger partial charge < -0.3 is 21.2 Å². The van der Waals surface area contributed by atoms with E-state index in [1.807, 2.05) is 6.92 Å². The lowest BCUT2D eigenvalue weighted by Gasteiger charge is -2.56. The van der Waals surface area contributed by atoms with E-state index in [0.717, 1.165) is 0 Å². The lowest BCUT2D eigenvalue weighted by atomic mass is 10.4. The van der Waals surface area contributed by atoms with Crippen LogP contribution < -0.4 is 0 Å². The summed E-state index contributed by atoms with van der Waals surface area (Å²) in [6.45, 7) is 39.3. The molecule has 196 valence electrons. The molecule has 0 aromatic heterocycles. The molecule has 0 aliphatic carbocycles. The van der Waals surface area contributed by atoms with Gasteiger partial charge in [-0.15, -0.1) is 0 Å². The summed E-state index contributed by atoms with van der Waals surface area (Å²) in [6, 6.07) is 0. The molecule has 5 nitrogen and oxygen atoms in total. The highest BCUT2D eigenvalue weighted by Gasteiger charge is 2.64. The molecule has 0 aromatic carbocycles. The molecule has 0 spiro atoms. The molecule has 33 heavy (non-hydrogen) atoms. The summed E-state index contributed by atoms with van der Waals surface area (Å²) in [4.78, 5) is -0.582. The second-order valence-electron chi connectivity index (χ2n) is 13.4. The lowest BCUT2D eigenvalue weighted by molar-refractivity contribution is 0.167. The molecule has 0 atom stereocenters. The topological polar surface area (TPSA) is 46.2 Å². The first-order chi connectivity index (χ1) is 14.3. The van der Waals surface area contributed by atoms with E-state index in [1.165, 1.54) is 5.57 Å². The Bertz CT molecular complexity index is 631. The van der Waals surface area contributed by atoms with Crippen molar-refractivity contribution >= 4 is 59.9 Å². The van der Waals surface area contributed by atoms with E-state index in [4.69, 9.17) is 21.2 Å². The molecule has 0 N–H and O–H groups in total. The third kappa shape index (κ3) is 10.9. The van der Waals surface area contributed by atoms with Crippen LogP contribution >= 0.6 is 0 Å². The first kappa shape index (κ1) is 34.1. The van der Waals surface area contributed by atoms with Crippen molar-refractivity contribution in [3.8, 4) is 0 Å². The average Bonchev–Trinajstić information content (AvgIpc) is 2.42. The maximum atomic E-state index is 7.07. The van der Waals surface area contributed by atoms with Crippen molar-refractivity contribution in [1.29, 1.82) is 0 Å². The zero-order chi connectivity index (χ0) is 26.7. The zero-order valence-corrected chi connectivity index (χ0v) is 31.8. The highest BCUT2D eigenvalue weighted by molar-refractivity contribution is 7.01. The van der Waals surface area contributed by atoms with Crippen molar-refractivity contribution in [3.05, 3.63) is 11.3 Å². The summed E-state index contributed by atoms with van der Waals surface area (Å²) in [5, 5.41) is 0. The Hall–Kier alpha value is 1.06. The molecule has 12 heteroatoms. The molecule has 0 saturated heterocycles. The fourth-order valence-corrected chi connectivity index (χ4v) is 38.2. The Morgan fingerprint density at radius 2 is 1.03 bits per heavy atom. The quantitative estimate of drug-likeness (QED) is 0.162. The highest BCUT2D eigenvalue weighted by atomic mass is 28.5. The zero-order valence-electron chi connectivity index (χ0n) is 24.8. The molecule has 0 aliphatic rings. The van der Waals surface area contributed by atoms with Crippen LogP contribution in [0.3, 0.4) is 0 Å². The molecule has 0 unspecified atom stereocenters. The van der Waals surface area contributed by atoms with Crippen LogP contribution in [0.4, 0.5) is 0 Å². The molecule has 0 amide bonds. The molecular weight excluding hydrogens is 529 g/mol. The summed E-state index contributed by atoms with van der Waals surface area (Å²) < 4.78 is 33.7. The van der Waals surface area contributed by atoms with Gasteiger partial charge in [0.1, 0.15) is 4.85 Å². The Morgan fingerprint density at radius 1 is 0.667 bits per heavy atom. The summed E-state index contributed by atoms with van der Waals surface area (Å²) in [6.07, 6.45) is 0. The fraction of sp³-hybridized carbons (Fsp3) is 0.905. The van der Waals surface area contributed by atoms with Crippen molar-refractivity contribution in [3.63, 3.8) is 0 Å². The molecule has 0 fully saturated rings. The van der Waals surface area contributed by atoms with E-state index in [0.29, 0.717) is 6.61 Å². The van der Waals surface area contributed by atoms with Crippen LogP contribution in [0.5, 0.6) is 0 Å². The van der Waals surface area contributed by atoms with Crippen molar-refractivity contribution in [2.45, 2.75) is 117 Å². The molecular formula is C21H54O5Si7. The second-order valence-corrected chi connectivity index (χ2v) is 40.6. The largest absolute Gasteiger partial charge is 0.454 e. The van der Waals surface area contributed by atoms with E-state index in [1.54, 1.807) is 0 Å². The normalized spacial score (nSPS) is 15.8.